The smallest absolute Gasteiger partial charge is 0.249 e. The lowest BCUT2D eigenvalue weighted by Gasteiger charge is -2.46. The summed E-state index contributed by atoms with van der Waals surface area (Å²) in [5.41, 5.74) is -0.727. The number of piperazine rings is 1. The maximum absolute atomic E-state index is 12.7. The van der Waals surface area contributed by atoms with Gasteiger partial charge in [0.2, 0.25) is 11.8 Å². The Labute approximate surface area is 110 Å². The fourth-order valence-corrected chi connectivity index (χ4v) is 2.37. The molecular weight excluding hydrogens is 228 g/mol. The number of rotatable bonds is 3. The Morgan fingerprint density at radius 2 is 1.78 bits per heavy atom. The second-order valence-corrected chi connectivity index (χ2v) is 6.31. The van der Waals surface area contributed by atoms with Crippen LogP contribution in [0.4, 0.5) is 0 Å². The molecule has 2 amide bonds. The van der Waals surface area contributed by atoms with Crippen LogP contribution in [0.25, 0.3) is 0 Å². The van der Waals surface area contributed by atoms with Crippen LogP contribution < -0.4 is 5.32 Å². The van der Waals surface area contributed by atoms with Gasteiger partial charge in [0.25, 0.3) is 0 Å². The maximum Gasteiger partial charge on any atom is 0.249 e. The van der Waals surface area contributed by atoms with Crippen molar-refractivity contribution >= 4 is 11.8 Å². The average Bonchev–Trinajstić information content (AvgIpc) is 2.29. The van der Waals surface area contributed by atoms with Crippen molar-refractivity contribution in [3.05, 3.63) is 0 Å². The third kappa shape index (κ3) is 2.52. The molecule has 0 spiro atoms. The Kier molecular flexibility index (Phi) is 4.08. The molecular formula is C14H26N2O2. The van der Waals surface area contributed by atoms with E-state index >= 15 is 0 Å². The fraction of sp³-hybridized carbons (Fsp3) is 0.857. The average molecular weight is 254 g/mol. The Morgan fingerprint density at radius 1 is 1.28 bits per heavy atom. The first kappa shape index (κ1) is 15.0. The molecule has 0 radical (unpaired) electrons. The summed E-state index contributed by atoms with van der Waals surface area (Å²) in [6.45, 7) is 12.4. The summed E-state index contributed by atoms with van der Waals surface area (Å²) in [7, 11) is 0. The van der Waals surface area contributed by atoms with Gasteiger partial charge in [0.1, 0.15) is 5.54 Å². The van der Waals surface area contributed by atoms with Crippen LogP contribution in [-0.4, -0.2) is 34.8 Å². The predicted octanol–water partition coefficient (Wildman–Crippen LogP) is 1.94. The van der Waals surface area contributed by atoms with Crippen molar-refractivity contribution < 1.29 is 9.59 Å². The molecule has 1 aliphatic heterocycles. The summed E-state index contributed by atoms with van der Waals surface area (Å²) in [5.74, 6) is 0.0175. The number of nitrogens with one attached hydrogen (secondary N) is 1. The summed E-state index contributed by atoms with van der Waals surface area (Å²) < 4.78 is 0. The van der Waals surface area contributed by atoms with E-state index in [0.717, 1.165) is 0 Å². The lowest BCUT2D eigenvalue weighted by Crippen LogP contribution is -2.68. The lowest BCUT2D eigenvalue weighted by molar-refractivity contribution is -0.154. The molecule has 18 heavy (non-hydrogen) atoms. The van der Waals surface area contributed by atoms with Gasteiger partial charge >= 0.3 is 0 Å². The van der Waals surface area contributed by atoms with Gasteiger partial charge in [-0.25, -0.2) is 0 Å². The van der Waals surface area contributed by atoms with Gasteiger partial charge in [0.05, 0.1) is 6.54 Å². The van der Waals surface area contributed by atoms with Crippen LogP contribution in [0.3, 0.4) is 0 Å². The summed E-state index contributed by atoms with van der Waals surface area (Å²) >= 11 is 0. The van der Waals surface area contributed by atoms with Crippen LogP contribution in [0.15, 0.2) is 0 Å². The minimum absolute atomic E-state index is 0.0273. The van der Waals surface area contributed by atoms with Crippen molar-refractivity contribution in [3.63, 3.8) is 0 Å². The van der Waals surface area contributed by atoms with E-state index in [0.29, 0.717) is 12.8 Å². The van der Waals surface area contributed by atoms with Crippen LogP contribution in [-0.2, 0) is 9.59 Å². The van der Waals surface area contributed by atoms with Gasteiger partial charge in [-0.15, -0.1) is 0 Å². The van der Waals surface area contributed by atoms with E-state index in [1.807, 2.05) is 20.8 Å². The normalized spacial score (nSPS) is 21.8. The molecule has 0 bridgehead atoms. The number of nitrogens with zero attached hydrogens (tertiary/aromatic N) is 1. The van der Waals surface area contributed by atoms with Crippen molar-refractivity contribution in [1.82, 2.24) is 10.2 Å². The van der Waals surface area contributed by atoms with E-state index in [-0.39, 0.29) is 29.8 Å². The second-order valence-electron chi connectivity index (χ2n) is 6.31. The van der Waals surface area contributed by atoms with E-state index in [9.17, 15) is 9.59 Å². The number of carbonyl (C=O) groups is 2. The third-order valence-electron chi connectivity index (χ3n) is 4.29. The lowest BCUT2D eigenvalue weighted by atomic mass is 9.83. The van der Waals surface area contributed by atoms with Crippen molar-refractivity contribution in [2.75, 3.05) is 6.54 Å². The molecule has 0 aliphatic carbocycles. The molecule has 1 atom stereocenters. The number of carbonyl (C=O) groups excluding carboxylic acids is 2. The van der Waals surface area contributed by atoms with Gasteiger partial charge < -0.3 is 10.2 Å². The highest BCUT2D eigenvalue weighted by Crippen LogP contribution is 2.30. The molecule has 1 heterocycles. The van der Waals surface area contributed by atoms with Crippen molar-refractivity contribution in [2.24, 2.45) is 5.41 Å². The Morgan fingerprint density at radius 3 is 2.17 bits per heavy atom. The third-order valence-corrected chi connectivity index (χ3v) is 4.29. The number of amides is 2. The van der Waals surface area contributed by atoms with E-state index in [1.165, 1.54) is 0 Å². The SMILES string of the molecule is CCC1(CC)NC(=O)CN(C(C)C(C)(C)C)C1=O. The van der Waals surface area contributed by atoms with Gasteiger partial charge in [-0.05, 0) is 25.2 Å². The molecule has 4 nitrogen and oxygen atoms in total. The zero-order valence-corrected chi connectivity index (χ0v) is 12.5. The molecule has 0 aromatic heterocycles. The van der Waals surface area contributed by atoms with E-state index in [2.05, 4.69) is 26.1 Å². The topological polar surface area (TPSA) is 49.4 Å². The minimum atomic E-state index is -0.700. The monoisotopic (exact) mass is 254 g/mol. The van der Waals surface area contributed by atoms with Crippen LogP contribution >= 0.6 is 0 Å². The van der Waals surface area contributed by atoms with E-state index < -0.39 is 5.54 Å². The molecule has 1 fully saturated rings. The highest BCUT2D eigenvalue weighted by Gasteiger charge is 2.46. The highest BCUT2D eigenvalue weighted by atomic mass is 16.2. The standard InChI is InChI=1S/C14H26N2O2/c1-7-14(8-2)12(18)16(9-11(17)15-14)10(3)13(4,5)6/h10H,7-9H2,1-6H3,(H,15,17). The van der Waals surface area contributed by atoms with Crippen molar-refractivity contribution in [2.45, 2.75) is 66.0 Å². The second kappa shape index (κ2) is 4.90. The molecule has 4 heteroatoms. The predicted molar refractivity (Wildman–Crippen MR) is 72.1 cm³/mol. The summed E-state index contributed by atoms with van der Waals surface area (Å²) in [6, 6.07) is 0.0496. The largest absolute Gasteiger partial charge is 0.340 e. The molecule has 0 aromatic carbocycles. The van der Waals surface area contributed by atoms with Crippen LogP contribution in [0.5, 0.6) is 0 Å². The zero-order chi connectivity index (χ0) is 14.1. The summed E-state index contributed by atoms with van der Waals surface area (Å²) in [4.78, 5) is 26.3. The summed E-state index contributed by atoms with van der Waals surface area (Å²) in [6.07, 6.45) is 1.28. The number of hydrogen-bond donors (Lipinski definition) is 1. The van der Waals surface area contributed by atoms with Gasteiger partial charge in [0.15, 0.2) is 0 Å². The summed E-state index contributed by atoms with van der Waals surface area (Å²) in [5, 5.41) is 2.89. The van der Waals surface area contributed by atoms with Crippen LogP contribution in [0.1, 0.15) is 54.4 Å². The molecule has 1 N–H and O–H groups in total. The first-order valence-electron chi connectivity index (χ1n) is 6.80. The molecule has 1 rings (SSSR count). The number of hydrogen-bond acceptors (Lipinski definition) is 2. The highest BCUT2D eigenvalue weighted by molar-refractivity contribution is 5.98. The first-order chi connectivity index (χ1) is 8.18. The van der Waals surface area contributed by atoms with Gasteiger partial charge in [-0.3, -0.25) is 9.59 Å². The molecule has 1 saturated heterocycles. The quantitative estimate of drug-likeness (QED) is 0.836. The Balaban J connectivity index is 3.07. The van der Waals surface area contributed by atoms with Crippen molar-refractivity contribution in [1.29, 1.82) is 0 Å². The Bertz CT molecular complexity index is 340. The van der Waals surface area contributed by atoms with E-state index in [4.69, 9.17) is 0 Å². The Hall–Kier alpha value is -1.06. The minimum Gasteiger partial charge on any atom is -0.340 e. The van der Waals surface area contributed by atoms with Gasteiger partial charge in [-0.1, -0.05) is 34.6 Å². The molecule has 1 unspecified atom stereocenters. The van der Waals surface area contributed by atoms with Crippen molar-refractivity contribution in [3.8, 4) is 0 Å². The van der Waals surface area contributed by atoms with Crippen LogP contribution in [0.2, 0.25) is 0 Å². The molecule has 0 aromatic rings. The van der Waals surface area contributed by atoms with Gasteiger partial charge in [0, 0.05) is 6.04 Å². The first-order valence-corrected chi connectivity index (χ1v) is 6.80. The fourth-order valence-electron chi connectivity index (χ4n) is 2.37. The van der Waals surface area contributed by atoms with Gasteiger partial charge in [-0.2, -0.15) is 0 Å². The molecule has 104 valence electrons. The van der Waals surface area contributed by atoms with Crippen LogP contribution in [0, 0.1) is 5.41 Å². The zero-order valence-electron chi connectivity index (χ0n) is 12.5. The maximum atomic E-state index is 12.7. The molecule has 0 saturated carbocycles. The molecule has 1 aliphatic rings. The van der Waals surface area contributed by atoms with E-state index in [1.54, 1.807) is 4.90 Å².